The minimum absolute atomic E-state index is 0.131. The molecule has 126 valence electrons. The molecule has 0 aromatic heterocycles. The fourth-order valence-electron chi connectivity index (χ4n) is 2.49. The van der Waals surface area contributed by atoms with Gasteiger partial charge in [-0.3, -0.25) is 9.59 Å². The van der Waals surface area contributed by atoms with E-state index < -0.39 is 5.91 Å². The van der Waals surface area contributed by atoms with Crippen LogP contribution in [0, 0.1) is 20.8 Å². The maximum Gasteiger partial charge on any atom is 0.253 e. The molecule has 0 bridgehead atoms. The second-order valence-corrected chi connectivity index (χ2v) is 6.95. The average Bonchev–Trinajstić information content (AvgIpc) is 2.50. The molecule has 2 aromatic carbocycles. The van der Waals surface area contributed by atoms with Crippen molar-refractivity contribution in [2.75, 3.05) is 11.9 Å². The number of hydrogen-bond acceptors (Lipinski definition) is 2. The molecule has 6 heteroatoms. The molecule has 0 unspecified atom stereocenters. The van der Waals surface area contributed by atoms with Crippen LogP contribution in [-0.2, 0) is 4.79 Å². The number of carbonyl (C=O) groups excluding carboxylic acids is 2. The van der Waals surface area contributed by atoms with Gasteiger partial charge in [-0.2, -0.15) is 0 Å². The SMILES string of the molecule is Cc1cc(C)c(NC(=O)CNC(=O)c2cc(Br)ccc2Cl)c(C)c1. The summed E-state index contributed by atoms with van der Waals surface area (Å²) in [7, 11) is 0. The van der Waals surface area contributed by atoms with Gasteiger partial charge >= 0.3 is 0 Å². The molecule has 0 fully saturated rings. The molecule has 2 aromatic rings. The molecule has 24 heavy (non-hydrogen) atoms. The van der Waals surface area contributed by atoms with Gasteiger partial charge in [-0.05, 0) is 50.1 Å². The second-order valence-electron chi connectivity index (χ2n) is 5.63. The first-order valence-corrected chi connectivity index (χ1v) is 8.56. The molecule has 0 saturated carbocycles. The van der Waals surface area contributed by atoms with Gasteiger partial charge in [0, 0.05) is 10.2 Å². The lowest BCUT2D eigenvalue weighted by molar-refractivity contribution is -0.115. The third-order valence-electron chi connectivity index (χ3n) is 3.52. The summed E-state index contributed by atoms with van der Waals surface area (Å²) in [6, 6.07) is 8.99. The number of halogens is 2. The fraction of sp³-hybridized carbons (Fsp3) is 0.222. The van der Waals surface area contributed by atoms with E-state index in [2.05, 4.69) is 26.6 Å². The Morgan fingerprint density at radius 2 is 1.71 bits per heavy atom. The first-order valence-electron chi connectivity index (χ1n) is 7.39. The molecule has 0 aliphatic rings. The molecule has 0 aliphatic carbocycles. The van der Waals surface area contributed by atoms with E-state index in [4.69, 9.17) is 11.6 Å². The molecule has 0 saturated heterocycles. The van der Waals surface area contributed by atoms with Crippen molar-refractivity contribution in [3.8, 4) is 0 Å². The maximum absolute atomic E-state index is 12.2. The molecule has 0 radical (unpaired) electrons. The van der Waals surface area contributed by atoms with Gasteiger partial charge in [-0.25, -0.2) is 0 Å². The Hall–Kier alpha value is -1.85. The average molecular weight is 410 g/mol. The molecule has 0 atom stereocenters. The predicted molar refractivity (Wildman–Crippen MR) is 101 cm³/mol. The number of carbonyl (C=O) groups is 2. The van der Waals surface area contributed by atoms with Gasteiger partial charge in [-0.1, -0.05) is 45.2 Å². The van der Waals surface area contributed by atoms with Crippen molar-refractivity contribution in [3.63, 3.8) is 0 Å². The molecular formula is C18H18BrClN2O2. The Kier molecular flexibility index (Phi) is 6.02. The van der Waals surface area contributed by atoms with Crippen molar-refractivity contribution < 1.29 is 9.59 Å². The minimum atomic E-state index is -0.395. The van der Waals surface area contributed by atoms with E-state index >= 15 is 0 Å². The molecule has 0 heterocycles. The quantitative estimate of drug-likeness (QED) is 0.786. The van der Waals surface area contributed by atoms with E-state index in [1.54, 1.807) is 18.2 Å². The number of nitrogens with one attached hydrogen (secondary N) is 2. The van der Waals surface area contributed by atoms with E-state index in [9.17, 15) is 9.59 Å². The largest absolute Gasteiger partial charge is 0.343 e. The lowest BCUT2D eigenvalue weighted by Gasteiger charge is -2.13. The monoisotopic (exact) mass is 408 g/mol. The zero-order valence-electron chi connectivity index (χ0n) is 13.7. The number of aryl methyl sites for hydroxylation is 3. The standard InChI is InChI=1S/C18H18BrClN2O2/c1-10-6-11(2)17(12(3)7-10)22-16(23)9-21-18(24)14-8-13(19)4-5-15(14)20/h4-8H,9H2,1-3H3,(H,21,24)(H,22,23). The first-order chi connectivity index (χ1) is 11.3. The smallest absolute Gasteiger partial charge is 0.253 e. The topological polar surface area (TPSA) is 58.2 Å². The van der Waals surface area contributed by atoms with Crippen LogP contribution in [0.4, 0.5) is 5.69 Å². The Morgan fingerprint density at radius 3 is 2.33 bits per heavy atom. The van der Waals surface area contributed by atoms with Crippen LogP contribution in [0.2, 0.25) is 5.02 Å². The number of anilines is 1. The summed E-state index contributed by atoms with van der Waals surface area (Å²) in [4.78, 5) is 24.3. The van der Waals surface area contributed by atoms with E-state index in [1.807, 2.05) is 32.9 Å². The number of benzene rings is 2. The van der Waals surface area contributed by atoms with Crippen LogP contribution in [-0.4, -0.2) is 18.4 Å². The van der Waals surface area contributed by atoms with Gasteiger partial charge in [-0.15, -0.1) is 0 Å². The van der Waals surface area contributed by atoms with Gasteiger partial charge in [0.05, 0.1) is 17.1 Å². The third kappa shape index (κ3) is 4.58. The van der Waals surface area contributed by atoms with Crippen LogP contribution in [0.3, 0.4) is 0 Å². The molecule has 4 nitrogen and oxygen atoms in total. The van der Waals surface area contributed by atoms with Gasteiger partial charge in [0.2, 0.25) is 5.91 Å². The maximum atomic E-state index is 12.2. The van der Waals surface area contributed by atoms with Crippen molar-refractivity contribution in [1.82, 2.24) is 5.32 Å². The van der Waals surface area contributed by atoms with Crippen LogP contribution in [0.25, 0.3) is 0 Å². The Morgan fingerprint density at radius 1 is 1.08 bits per heavy atom. The summed E-state index contributed by atoms with van der Waals surface area (Å²) in [5.41, 5.74) is 4.21. The summed E-state index contributed by atoms with van der Waals surface area (Å²) < 4.78 is 0.743. The van der Waals surface area contributed by atoms with E-state index in [-0.39, 0.29) is 12.5 Å². The molecule has 2 amide bonds. The molecule has 0 aliphatic heterocycles. The van der Waals surface area contributed by atoms with Crippen LogP contribution in [0.15, 0.2) is 34.8 Å². The van der Waals surface area contributed by atoms with Gasteiger partial charge in [0.25, 0.3) is 5.91 Å². The van der Waals surface area contributed by atoms with Crippen LogP contribution < -0.4 is 10.6 Å². The molecule has 2 N–H and O–H groups in total. The van der Waals surface area contributed by atoms with E-state index in [0.29, 0.717) is 10.6 Å². The Bertz CT molecular complexity index is 783. The number of hydrogen-bond donors (Lipinski definition) is 2. The number of rotatable bonds is 4. The van der Waals surface area contributed by atoms with Crippen molar-refractivity contribution in [1.29, 1.82) is 0 Å². The summed E-state index contributed by atoms with van der Waals surface area (Å²) in [6.07, 6.45) is 0. The summed E-state index contributed by atoms with van der Waals surface area (Å²) in [5, 5.41) is 5.76. The van der Waals surface area contributed by atoms with Gasteiger partial charge in [0.1, 0.15) is 0 Å². The van der Waals surface area contributed by atoms with Gasteiger partial charge in [0.15, 0.2) is 0 Å². The van der Waals surface area contributed by atoms with Crippen molar-refractivity contribution >= 4 is 45.0 Å². The zero-order chi connectivity index (χ0) is 17.9. The lowest BCUT2D eigenvalue weighted by Crippen LogP contribution is -2.33. The Balaban J connectivity index is 2.01. The molecule has 2 rings (SSSR count). The molecule has 0 spiro atoms. The summed E-state index contributed by atoms with van der Waals surface area (Å²) in [6.45, 7) is 5.76. The zero-order valence-corrected chi connectivity index (χ0v) is 16.0. The third-order valence-corrected chi connectivity index (χ3v) is 4.35. The lowest BCUT2D eigenvalue weighted by atomic mass is 10.1. The van der Waals surface area contributed by atoms with Crippen molar-refractivity contribution in [2.45, 2.75) is 20.8 Å². The van der Waals surface area contributed by atoms with Crippen LogP contribution in [0.5, 0.6) is 0 Å². The van der Waals surface area contributed by atoms with Crippen LogP contribution in [0.1, 0.15) is 27.0 Å². The summed E-state index contributed by atoms with van der Waals surface area (Å²) in [5.74, 6) is -0.682. The highest BCUT2D eigenvalue weighted by Gasteiger charge is 2.13. The first kappa shape index (κ1) is 18.5. The number of amides is 2. The Labute approximate surface area is 154 Å². The van der Waals surface area contributed by atoms with Crippen LogP contribution >= 0.6 is 27.5 Å². The predicted octanol–water partition coefficient (Wildman–Crippen LogP) is 4.40. The summed E-state index contributed by atoms with van der Waals surface area (Å²) >= 11 is 9.30. The van der Waals surface area contributed by atoms with Crippen molar-refractivity contribution in [2.24, 2.45) is 0 Å². The highest BCUT2D eigenvalue weighted by atomic mass is 79.9. The molecular weight excluding hydrogens is 392 g/mol. The second kappa shape index (κ2) is 7.81. The fourth-order valence-corrected chi connectivity index (χ4v) is 3.05. The van der Waals surface area contributed by atoms with Gasteiger partial charge < -0.3 is 10.6 Å². The highest BCUT2D eigenvalue weighted by Crippen LogP contribution is 2.22. The van der Waals surface area contributed by atoms with E-state index in [1.165, 1.54) is 0 Å². The minimum Gasteiger partial charge on any atom is -0.343 e. The normalized spacial score (nSPS) is 10.4. The van der Waals surface area contributed by atoms with Crippen molar-refractivity contribution in [3.05, 3.63) is 62.1 Å². The highest BCUT2D eigenvalue weighted by molar-refractivity contribution is 9.10. The van der Waals surface area contributed by atoms with E-state index in [0.717, 1.165) is 26.9 Å².